The minimum atomic E-state index is 0.0504. The van der Waals surface area contributed by atoms with E-state index < -0.39 is 0 Å². The Kier molecular flexibility index (Phi) is 4.80. The summed E-state index contributed by atoms with van der Waals surface area (Å²) in [6, 6.07) is 8.39. The molecule has 1 aliphatic rings. The van der Waals surface area contributed by atoms with Crippen LogP contribution in [0.1, 0.15) is 32.3 Å². The van der Waals surface area contributed by atoms with Gasteiger partial charge in [-0.05, 0) is 44.4 Å². The summed E-state index contributed by atoms with van der Waals surface area (Å²) in [4.78, 5) is 11.6. The van der Waals surface area contributed by atoms with Crippen LogP contribution in [0, 0.1) is 0 Å². The lowest BCUT2D eigenvalue weighted by molar-refractivity contribution is -0.120. The Balaban J connectivity index is 1.70. The molecule has 1 aromatic carbocycles. The molecule has 0 spiro atoms. The first kappa shape index (κ1) is 13.9. The molecule has 4 nitrogen and oxygen atoms in total. The SMILES string of the molecule is CC(C)Oc1ccc(CNC(=O)CNC2CC2)cc1. The molecule has 19 heavy (non-hydrogen) atoms. The lowest BCUT2D eigenvalue weighted by Crippen LogP contribution is -2.34. The van der Waals surface area contributed by atoms with Crippen molar-refractivity contribution >= 4 is 5.91 Å². The van der Waals surface area contributed by atoms with Crippen LogP contribution in [0.4, 0.5) is 0 Å². The van der Waals surface area contributed by atoms with Gasteiger partial charge in [0, 0.05) is 12.6 Å². The maximum absolute atomic E-state index is 11.6. The predicted octanol–water partition coefficient (Wildman–Crippen LogP) is 1.84. The standard InChI is InChI=1S/C15H22N2O2/c1-11(2)19-14-7-3-12(4-8-14)9-17-15(18)10-16-13-5-6-13/h3-4,7-8,11,13,16H,5-6,9-10H2,1-2H3,(H,17,18). The van der Waals surface area contributed by atoms with Crippen molar-refractivity contribution in [1.82, 2.24) is 10.6 Å². The molecule has 2 rings (SSSR count). The molecule has 104 valence electrons. The fraction of sp³-hybridized carbons (Fsp3) is 0.533. The minimum absolute atomic E-state index is 0.0504. The highest BCUT2D eigenvalue weighted by molar-refractivity contribution is 5.78. The molecule has 1 aromatic rings. The fourth-order valence-corrected chi connectivity index (χ4v) is 1.75. The van der Waals surface area contributed by atoms with Gasteiger partial charge in [-0.1, -0.05) is 12.1 Å². The Morgan fingerprint density at radius 3 is 2.58 bits per heavy atom. The zero-order chi connectivity index (χ0) is 13.7. The maximum Gasteiger partial charge on any atom is 0.234 e. The van der Waals surface area contributed by atoms with E-state index in [1.54, 1.807) is 0 Å². The summed E-state index contributed by atoms with van der Waals surface area (Å²) in [5.74, 6) is 0.912. The van der Waals surface area contributed by atoms with Crippen molar-refractivity contribution in [2.75, 3.05) is 6.54 Å². The lowest BCUT2D eigenvalue weighted by Gasteiger charge is -2.10. The molecular weight excluding hydrogens is 240 g/mol. The summed E-state index contributed by atoms with van der Waals surface area (Å²) in [5, 5.41) is 6.09. The predicted molar refractivity (Wildman–Crippen MR) is 75.1 cm³/mol. The third-order valence-electron chi connectivity index (χ3n) is 2.91. The molecule has 1 amide bonds. The van der Waals surface area contributed by atoms with Crippen molar-refractivity contribution in [1.29, 1.82) is 0 Å². The highest BCUT2D eigenvalue weighted by Gasteiger charge is 2.20. The molecule has 0 saturated heterocycles. The van der Waals surface area contributed by atoms with Crippen molar-refractivity contribution < 1.29 is 9.53 Å². The molecule has 0 unspecified atom stereocenters. The molecule has 2 N–H and O–H groups in total. The van der Waals surface area contributed by atoms with Crippen LogP contribution in [-0.4, -0.2) is 24.6 Å². The van der Waals surface area contributed by atoms with Gasteiger partial charge < -0.3 is 15.4 Å². The highest BCUT2D eigenvalue weighted by Crippen LogP contribution is 2.18. The largest absolute Gasteiger partial charge is 0.491 e. The summed E-state index contributed by atoms with van der Waals surface area (Å²) in [6.45, 7) is 4.98. The number of ether oxygens (including phenoxy) is 1. The first-order valence-electron chi connectivity index (χ1n) is 6.89. The van der Waals surface area contributed by atoms with Gasteiger partial charge in [0.25, 0.3) is 0 Å². The maximum atomic E-state index is 11.6. The van der Waals surface area contributed by atoms with E-state index in [-0.39, 0.29) is 12.0 Å². The second-order valence-corrected chi connectivity index (χ2v) is 5.24. The molecule has 0 radical (unpaired) electrons. The van der Waals surface area contributed by atoms with Crippen molar-refractivity contribution in [3.05, 3.63) is 29.8 Å². The Morgan fingerprint density at radius 2 is 2.00 bits per heavy atom. The number of carbonyl (C=O) groups excluding carboxylic acids is 1. The normalized spacial score (nSPS) is 14.5. The zero-order valence-corrected chi connectivity index (χ0v) is 11.6. The van der Waals surface area contributed by atoms with Gasteiger partial charge in [-0.3, -0.25) is 4.79 Å². The van der Waals surface area contributed by atoms with Crippen LogP contribution in [0.3, 0.4) is 0 Å². The number of hydrogen-bond acceptors (Lipinski definition) is 3. The number of rotatable bonds is 7. The van der Waals surface area contributed by atoms with Gasteiger partial charge >= 0.3 is 0 Å². The highest BCUT2D eigenvalue weighted by atomic mass is 16.5. The Labute approximate surface area is 114 Å². The van der Waals surface area contributed by atoms with Gasteiger partial charge in [-0.2, -0.15) is 0 Å². The molecule has 0 heterocycles. The van der Waals surface area contributed by atoms with Crippen molar-refractivity contribution in [3.8, 4) is 5.75 Å². The molecular formula is C15H22N2O2. The lowest BCUT2D eigenvalue weighted by atomic mass is 10.2. The number of amides is 1. The number of carbonyl (C=O) groups is 1. The third-order valence-corrected chi connectivity index (χ3v) is 2.91. The fourth-order valence-electron chi connectivity index (χ4n) is 1.75. The smallest absolute Gasteiger partial charge is 0.234 e. The first-order valence-corrected chi connectivity index (χ1v) is 6.89. The quantitative estimate of drug-likeness (QED) is 0.788. The average Bonchev–Trinajstić information content (AvgIpc) is 3.19. The van der Waals surface area contributed by atoms with Gasteiger partial charge in [0.15, 0.2) is 0 Å². The average molecular weight is 262 g/mol. The molecule has 1 fully saturated rings. The second-order valence-electron chi connectivity index (χ2n) is 5.24. The number of nitrogens with one attached hydrogen (secondary N) is 2. The van der Waals surface area contributed by atoms with E-state index in [4.69, 9.17) is 4.74 Å². The third kappa shape index (κ3) is 5.30. The van der Waals surface area contributed by atoms with E-state index >= 15 is 0 Å². The van der Waals surface area contributed by atoms with E-state index in [1.807, 2.05) is 38.1 Å². The van der Waals surface area contributed by atoms with E-state index in [9.17, 15) is 4.79 Å². The van der Waals surface area contributed by atoms with E-state index in [0.717, 1.165) is 11.3 Å². The summed E-state index contributed by atoms with van der Waals surface area (Å²) in [6.07, 6.45) is 2.58. The molecule has 1 saturated carbocycles. The summed E-state index contributed by atoms with van der Waals surface area (Å²) >= 11 is 0. The van der Waals surface area contributed by atoms with Gasteiger partial charge in [-0.15, -0.1) is 0 Å². The minimum Gasteiger partial charge on any atom is -0.491 e. The van der Waals surface area contributed by atoms with Crippen LogP contribution in [0.15, 0.2) is 24.3 Å². The molecule has 0 aliphatic heterocycles. The Hall–Kier alpha value is -1.55. The zero-order valence-electron chi connectivity index (χ0n) is 11.6. The number of hydrogen-bond donors (Lipinski definition) is 2. The second kappa shape index (κ2) is 6.57. The van der Waals surface area contributed by atoms with Crippen LogP contribution in [-0.2, 0) is 11.3 Å². The monoisotopic (exact) mass is 262 g/mol. The molecule has 1 aliphatic carbocycles. The summed E-state index contributed by atoms with van der Waals surface area (Å²) in [7, 11) is 0. The Morgan fingerprint density at radius 1 is 1.32 bits per heavy atom. The van der Waals surface area contributed by atoms with E-state index in [1.165, 1.54) is 12.8 Å². The van der Waals surface area contributed by atoms with Gasteiger partial charge in [0.1, 0.15) is 5.75 Å². The molecule has 4 heteroatoms. The number of benzene rings is 1. The van der Waals surface area contributed by atoms with Crippen LogP contribution in [0.25, 0.3) is 0 Å². The van der Waals surface area contributed by atoms with Crippen LogP contribution in [0.5, 0.6) is 5.75 Å². The first-order chi connectivity index (χ1) is 9.13. The van der Waals surface area contributed by atoms with Crippen molar-refractivity contribution in [3.63, 3.8) is 0 Å². The molecule has 0 atom stereocenters. The van der Waals surface area contributed by atoms with Crippen LogP contribution < -0.4 is 15.4 Å². The van der Waals surface area contributed by atoms with Crippen LogP contribution in [0.2, 0.25) is 0 Å². The van der Waals surface area contributed by atoms with Crippen molar-refractivity contribution in [2.45, 2.75) is 45.4 Å². The Bertz CT molecular complexity index is 411. The van der Waals surface area contributed by atoms with E-state index in [2.05, 4.69) is 10.6 Å². The summed E-state index contributed by atoms with van der Waals surface area (Å²) in [5.41, 5.74) is 1.08. The molecule has 0 bridgehead atoms. The van der Waals surface area contributed by atoms with Gasteiger partial charge in [0.2, 0.25) is 5.91 Å². The summed E-state index contributed by atoms with van der Waals surface area (Å²) < 4.78 is 5.57. The van der Waals surface area contributed by atoms with E-state index in [0.29, 0.717) is 19.1 Å². The topological polar surface area (TPSA) is 50.4 Å². The van der Waals surface area contributed by atoms with Gasteiger partial charge in [-0.25, -0.2) is 0 Å². The van der Waals surface area contributed by atoms with Crippen molar-refractivity contribution in [2.24, 2.45) is 0 Å². The van der Waals surface area contributed by atoms with Crippen LogP contribution >= 0.6 is 0 Å². The van der Waals surface area contributed by atoms with Gasteiger partial charge in [0.05, 0.1) is 12.6 Å². The molecule has 0 aromatic heterocycles.